The van der Waals surface area contributed by atoms with Gasteiger partial charge in [0.1, 0.15) is 6.04 Å². The highest BCUT2D eigenvalue weighted by atomic mass is 16.2. The second-order valence-corrected chi connectivity index (χ2v) is 2.92. The summed E-state index contributed by atoms with van der Waals surface area (Å²) in [5.41, 5.74) is 0. The molecule has 0 aromatic carbocycles. The number of piperazine rings is 1. The Labute approximate surface area is 73.1 Å². The van der Waals surface area contributed by atoms with Crippen LogP contribution in [0.3, 0.4) is 0 Å². The van der Waals surface area contributed by atoms with Gasteiger partial charge in [-0.05, 0) is 6.42 Å². The molecule has 1 amide bonds. The third-order valence-electron chi connectivity index (χ3n) is 1.83. The molecule has 0 spiro atoms. The van der Waals surface area contributed by atoms with E-state index in [0.29, 0.717) is 6.54 Å². The zero-order valence-corrected chi connectivity index (χ0v) is 7.47. The van der Waals surface area contributed by atoms with E-state index in [-0.39, 0.29) is 11.9 Å². The molecule has 1 rings (SSSR count). The van der Waals surface area contributed by atoms with E-state index in [0.717, 1.165) is 26.1 Å². The maximum atomic E-state index is 11.3. The Balaban J connectivity index is 2.20. The minimum Gasteiger partial charge on any atom is -0.355 e. The van der Waals surface area contributed by atoms with Crippen LogP contribution in [0.25, 0.3) is 0 Å². The molecule has 1 saturated heterocycles. The van der Waals surface area contributed by atoms with Crippen LogP contribution in [-0.2, 0) is 4.79 Å². The van der Waals surface area contributed by atoms with Gasteiger partial charge in [-0.25, -0.2) is 5.32 Å². The van der Waals surface area contributed by atoms with Gasteiger partial charge in [-0.2, -0.15) is 0 Å². The second-order valence-electron chi connectivity index (χ2n) is 2.92. The summed E-state index contributed by atoms with van der Waals surface area (Å²) in [5, 5.41) is 10.2. The molecule has 4 nitrogen and oxygen atoms in total. The molecule has 1 atom stereocenters. The van der Waals surface area contributed by atoms with Crippen molar-refractivity contribution >= 4 is 5.91 Å². The Bertz CT molecular complexity index is 143. The second kappa shape index (κ2) is 5.11. The number of hydrogen-bond acceptors (Lipinski definition) is 2. The van der Waals surface area contributed by atoms with Crippen LogP contribution in [0.2, 0.25) is 0 Å². The summed E-state index contributed by atoms with van der Waals surface area (Å²) in [6, 6.07) is -0.162. The minimum atomic E-state index is -0.162. The molecule has 0 aromatic heterocycles. The largest absolute Gasteiger partial charge is 0.355 e. The molecular weight excluding hydrogens is 154 g/mol. The van der Waals surface area contributed by atoms with Crippen molar-refractivity contribution < 1.29 is 4.79 Å². The highest BCUT2D eigenvalue weighted by Crippen LogP contribution is 1.89. The van der Waals surface area contributed by atoms with Crippen molar-refractivity contribution in [3.05, 3.63) is 0 Å². The fourth-order valence-corrected chi connectivity index (χ4v) is 1.14. The lowest BCUT2D eigenvalue weighted by Gasteiger charge is -2.21. The van der Waals surface area contributed by atoms with Crippen LogP contribution < -0.4 is 16.0 Å². The lowest BCUT2D eigenvalue weighted by Crippen LogP contribution is -2.52. The van der Waals surface area contributed by atoms with Crippen LogP contribution in [-0.4, -0.2) is 38.1 Å². The Hall–Kier alpha value is -0.610. The summed E-state index contributed by atoms with van der Waals surface area (Å²) in [5.74, 6) is 0.0593. The standard InChI is InChI=1S/C8H16N3O/c1-2-3-11-8(12)7-6-9-4-5-10-7/h7,9H,2-6H2,1H3,(H,11,12). The quantitative estimate of drug-likeness (QED) is 0.576. The fourth-order valence-electron chi connectivity index (χ4n) is 1.14. The van der Waals surface area contributed by atoms with Gasteiger partial charge in [0, 0.05) is 26.2 Å². The molecule has 69 valence electrons. The molecule has 12 heavy (non-hydrogen) atoms. The van der Waals surface area contributed by atoms with E-state index >= 15 is 0 Å². The van der Waals surface area contributed by atoms with Crippen LogP contribution >= 0.6 is 0 Å². The molecule has 1 fully saturated rings. The lowest BCUT2D eigenvalue weighted by atomic mass is 10.2. The van der Waals surface area contributed by atoms with Gasteiger partial charge in [-0.15, -0.1) is 0 Å². The summed E-state index contributed by atoms with van der Waals surface area (Å²) in [7, 11) is 0. The Morgan fingerprint density at radius 2 is 2.58 bits per heavy atom. The van der Waals surface area contributed by atoms with E-state index in [1.807, 2.05) is 6.92 Å². The monoisotopic (exact) mass is 170 g/mol. The smallest absolute Gasteiger partial charge is 0.240 e. The van der Waals surface area contributed by atoms with Gasteiger partial charge in [-0.1, -0.05) is 6.92 Å². The topological polar surface area (TPSA) is 55.2 Å². The Morgan fingerprint density at radius 3 is 3.17 bits per heavy atom. The van der Waals surface area contributed by atoms with E-state index in [2.05, 4.69) is 16.0 Å². The molecule has 0 aromatic rings. The zero-order chi connectivity index (χ0) is 8.81. The molecule has 1 unspecified atom stereocenters. The summed E-state index contributed by atoms with van der Waals surface area (Å²) >= 11 is 0. The van der Waals surface area contributed by atoms with E-state index < -0.39 is 0 Å². The first kappa shape index (κ1) is 9.48. The van der Waals surface area contributed by atoms with E-state index in [1.165, 1.54) is 0 Å². The van der Waals surface area contributed by atoms with Crippen molar-refractivity contribution in [3.63, 3.8) is 0 Å². The maximum absolute atomic E-state index is 11.3. The summed E-state index contributed by atoms with van der Waals surface area (Å²) < 4.78 is 0. The van der Waals surface area contributed by atoms with Crippen molar-refractivity contribution in [2.45, 2.75) is 19.4 Å². The van der Waals surface area contributed by atoms with Crippen LogP contribution in [0.1, 0.15) is 13.3 Å². The molecule has 0 saturated carbocycles. The average molecular weight is 170 g/mol. The Kier molecular flexibility index (Phi) is 4.04. The molecular formula is C8H16N3O. The van der Waals surface area contributed by atoms with Crippen LogP contribution in [0, 0.1) is 0 Å². The van der Waals surface area contributed by atoms with Crippen molar-refractivity contribution in [1.29, 1.82) is 0 Å². The van der Waals surface area contributed by atoms with Gasteiger partial charge >= 0.3 is 0 Å². The highest BCUT2D eigenvalue weighted by molar-refractivity contribution is 5.82. The number of carbonyl (C=O) groups excluding carboxylic acids is 1. The number of amides is 1. The molecule has 1 radical (unpaired) electrons. The molecule has 0 aliphatic carbocycles. The average Bonchev–Trinajstić information content (AvgIpc) is 2.15. The first-order chi connectivity index (χ1) is 5.84. The van der Waals surface area contributed by atoms with Crippen molar-refractivity contribution in [1.82, 2.24) is 16.0 Å². The first-order valence-corrected chi connectivity index (χ1v) is 4.49. The summed E-state index contributed by atoms with van der Waals surface area (Å²) in [6.07, 6.45) is 0.978. The summed E-state index contributed by atoms with van der Waals surface area (Å²) in [4.78, 5) is 11.3. The van der Waals surface area contributed by atoms with Gasteiger partial charge in [0.2, 0.25) is 5.91 Å². The van der Waals surface area contributed by atoms with Crippen molar-refractivity contribution in [2.75, 3.05) is 26.2 Å². The van der Waals surface area contributed by atoms with E-state index in [4.69, 9.17) is 0 Å². The van der Waals surface area contributed by atoms with Gasteiger partial charge in [0.15, 0.2) is 0 Å². The molecule has 1 aliphatic heterocycles. The SMILES string of the molecule is CCCNC(=O)C1CNCC[N]1. The number of nitrogens with one attached hydrogen (secondary N) is 2. The predicted octanol–water partition coefficient (Wildman–Crippen LogP) is -0.911. The highest BCUT2D eigenvalue weighted by Gasteiger charge is 2.20. The van der Waals surface area contributed by atoms with Crippen molar-refractivity contribution in [2.24, 2.45) is 0 Å². The first-order valence-electron chi connectivity index (χ1n) is 4.49. The van der Waals surface area contributed by atoms with E-state index in [1.54, 1.807) is 0 Å². The molecule has 0 bridgehead atoms. The van der Waals surface area contributed by atoms with Gasteiger partial charge in [-0.3, -0.25) is 4.79 Å². The van der Waals surface area contributed by atoms with Gasteiger partial charge in [0.05, 0.1) is 0 Å². The van der Waals surface area contributed by atoms with Crippen LogP contribution in [0.4, 0.5) is 0 Å². The van der Waals surface area contributed by atoms with Gasteiger partial charge < -0.3 is 10.6 Å². The normalized spacial score (nSPS) is 23.6. The minimum absolute atomic E-state index is 0.0593. The Morgan fingerprint density at radius 1 is 1.75 bits per heavy atom. The number of rotatable bonds is 3. The van der Waals surface area contributed by atoms with Crippen molar-refractivity contribution in [3.8, 4) is 0 Å². The molecule has 2 N–H and O–H groups in total. The van der Waals surface area contributed by atoms with Crippen LogP contribution in [0.15, 0.2) is 0 Å². The fraction of sp³-hybridized carbons (Fsp3) is 0.875. The number of hydrogen-bond donors (Lipinski definition) is 2. The van der Waals surface area contributed by atoms with Gasteiger partial charge in [0.25, 0.3) is 0 Å². The number of carbonyl (C=O) groups is 1. The number of nitrogens with zero attached hydrogens (tertiary/aromatic N) is 1. The molecule has 1 heterocycles. The third kappa shape index (κ3) is 2.79. The summed E-state index contributed by atoms with van der Waals surface area (Å²) in [6.45, 7) is 5.14. The zero-order valence-electron chi connectivity index (χ0n) is 7.47. The molecule has 4 heteroatoms. The third-order valence-corrected chi connectivity index (χ3v) is 1.83. The predicted molar refractivity (Wildman–Crippen MR) is 47.0 cm³/mol. The van der Waals surface area contributed by atoms with Crippen LogP contribution in [0.5, 0.6) is 0 Å². The maximum Gasteiger partial charge on any atom is 0.240 e. The lowest BCUT2D eigenvalue weighted by molar-refractivity contribution is -0.123. The molecule has 1 aliphatic rings. The van der Waals surface area contributed by atoms with E-state index in [9.17, 15) is 4.79 Å².